The normalized spacial score (nSPS) is 10.4. The van der Waals surface area contributed by atoms with Crippen LogP contribution in [0.3, 0.4) is 0 Å². The molecule has 2 aromatic carbocycles. The Kier molecular flexibility index (Phi) is 4.15. The molecule has 2 aromatic rings. The molecule has 0 radical (unpaired) electrons. The highest BCUT2D eigenvalue weighted by molar-refractivity contribution is 9.10. The first kappa shape index (κ1) is 13.2. The van der Waals surface area contributed by atoms with Crippen LogP contribution in [0.2, 0.25) is 5.02 Å². The summed E-state index contributed by atoms with van der Waals surface area (Å²) in [5.41, 5.74) is 0.782. The number of Topliss-reactive ketones (excluding diaryl/α,β-unsaturated/α-hetero) is 1. The molecular formula is C14H9BrClFO. The van der Waals surface area contributed by atoms with Crippen molar-refractivity contribution in [2.75, 3.05) is 0 Å². The van der Waals surface area contributed by atoms with Crippen molar-refractivity contribution in [1.29, 1.82) is 0 Å². The molecule has 0 spiro atoms. The number of halogens is 3. The zero-order valence-corrected chi connectivity index (χ0v) is 11.6. The number of hydrogen-bond donors (Lipinski definition) is 0. The number of rotatable bonds is 3. The van der Waals surface area contributed by atoms with Crippen LogP contribution in [0.5, 0.6) is 0 Å². The molecule has 0 unspecified atom stereocenters. The van der Waals surface area contributed by atoms with Crippen LogP contribution in [0.4, 0.5) is 4.39 Å². The van der Waals surface area contributed by atoms with Gasteiger partial charge in [0.05, 0.1) is 5.56 Å². The monoisotopic (exact) mass is 326 g/mol. The largest absolute Gasteiger partial charge is 0.294 e. The van der Waals surface area contributed by atoms with Gasteiger partial charge in [-0.2, -0.15) is 0 Å². The molecule has 0 atom stereocenters. The van der Waals surface area contributed by atoms with Gasteiger partial charge < -0.3 is 0 Å². The Balaban J connectivity index is 2.25. The van der Waals surface area contributed by atoms with Crippen LogP contribution >= 0.6 is 27.5 Å². The Morgan fingerprint density at radius 2 is 1.94 bits per heavy atom. The van der Waals surface area contributed by atoms with Gasteiger partial charge in [-0.25, -0.2) is 4.39 Å². The Morgan fingerprint density at radius 3 is 2.61 bits per heavy atom. The number of hydrogen-bond acceptors (Lipinski definition) is 1. The van der Waals surface area contributed by atoms with Crippen LogP contribution in [-0.2, 0) is 6.42 Å². The van der Waals surface area contributed by atoms with Crippen molar-refractivity contribution in [3.63, 3.8) is 0 Å². The lowest BCUT2D eigenvalue weighted by molar-refractivity contribution is 0.0989. The third-order valence-electron chi connectivity index (χ3n) is 2.54. The van der Waals surface area contributed by atoms with E-state index in [0.29, 0.717) is 15.1 Å². The topological polar surface area (TPSA) is 17.1 Å². The second kappa shape index (κ2) is 5.63. The van der Waals surface area contributed by atoms with Crippen molar-refractivity contribution in [2.24, 2.45) is 0 Å². The molecule has 0 N–H and O–H groups in total. The minimum atomic E-state index is -0.526. The van der Waals surface area contributed by atoms with Crippen LogP contribution in [0.25, 0.3) is 0 Å². The second-order valence-corrected chi connectivity index (χ2v) is 5.14. The van der Waals surface area contributed by atoms with Gasteiger partial charge in [-0.1, -0.05) is 45.7 Å². The summed E-state index contributed by atoms with van der Waals surface area (Å²) in [6, 6.07) is 11.4. The highest BCUT2D eigenvalue weighted by Gasteiger charge is 2.13. The number of carbonyl (C=O) groups excluding carboxylic acids is 1. The van der Waals surface area contributed by atoms with Gasteiger partial charge in [-0.05, 0) is 29.8 Å². The van der Waals surface area contributed by atoms with E-state index in [-0.39, 0.29) is 17.8 Å². The van der Waals surface area contributed by atoms with E-state index < -0.39 is 5.82 Å². The van der Waals surface area contributed by atoms with Gasteiger partial charge in [0.15, 0.2) is 5.78 Å². The van der Waals surface area contributed by atoms with E-state index in [2.05, 4.69) is 15.9 Å². The Morgan fingerprint density at radius 1 is 1.22 bits per heavy atom. The molecule has 0 aliphatic carbocycles. The summed E-state index contributed by atoms with van der Waals surface area (Å²) in [5.74, 6) is -0.811. The van der Waals surface area contributed by atoms with Crippen molar-refractivity contribution >= 4 is 33.3 Å². The predicted molar refractivity (Wildman–Crippen MR) is 73.6 cm³/mol. The molecule has 0 aromatic heterocycles. The van der Waals surface area contributed by atoms with Crippen molar-refractivity contribution in [3.05, 3.63) is 68.9 Å². The molecule has 18 heavy (non-hydrogen) atoms. The molecule has 92 valence electrons. The van der Waals surface area contributed by atoms with Crippen molar-refractivity contribution in [3.8, 4) is 0 Å². The first-order chi connectivity index (χ1) is 8.58. The molecular weight excluding hydrogens is 319 g/mol. The average molecular weight is 328 g/mol. The van der Waals surface area contributed by atoms with Crippen molar-refractivity contribution < 1.29 is 9.18 Å². The zero-order valence-electron chi connectivity index (χ0n) is 9.29. The summed E-state index contributed by atoms with van der Waals surface area (Å²) in [4.78, 5) is 12.0. The fourth-order valence-corrected chi connectivity index (χ4v) is 2.16. The molecule has 4 heteroatoms. The van der Waals surface area contributed by atoms with Crippen LogP contribution in [0.15, 0.2) is 46.9 Å². The minimum absolute atomic E-state index is 0.0816. The maximum absolute atomic E-state index is 13.6. The molecule has 0 saturated carbocycles. The summed E-state index contributed by atoms with van der Waals surface area (Å²) >= 11 is 9.12. The molecule has 0 fully saturated rings. The molecule has 0 aliphatic heterocycles. The first-order valence-electron chi connectivity index (χ1n) is 5.29. The first-order valence-corrected chi connectivity index (χ1v) is 6.46. The van der Waals surface area contributed by atoms with E-state index in [1.165, 1.54) is 12.1 Å². The SMILES string of the molecule is O=C(Cc1ccccc1Cl)c1ccc(Br)cc1F. The highest BCUT2D eigenvalue weighted by Crippen LogP contribution is 2.20. The smallest absolute Gasteiger partial charge is 0.170 e. The van der Waals surface area contributed by atoms with Gasteiger partial charge >= 0.3 is 0 Å². The zero-order chi connectivity index (χ0) is 13.1. The second-order valence-electron chi connectivity index (χ2n) is 3.82. The van der Waals surface area contributed by atoms with Crippen LogP contribution < -0.4 is 0 Å². The summed E-state index contributed by atoms with van der Waals surface area (Å²) in [5, 5.41) is 0.517. The predicted octanol–water partition coefficient (Wildman–Crippen LogP) is 4.67. The average Bonchev–Trinajstić information content (AvgIpc) is 2.32. The van der Waals surface area contributed by atoms with E-state index in [4.69, 9.17) is 11.6 Å². The fraction of sp³-hybridized carbons (Fsp3) is 0.0714. The number of benzene rings is 2. The lowest BCUT2D eigenvalue weighted by atomic mass is 10.0. The standard InChI is InChI=1S/C14H9BrClFO/c15-10-5-6-11(13(17)8-10)14(18)7-9-3-1-2-4-12(9)16/h1-6,8H,7H2. The Hall–Kier alpha value is -1.19. The molecule has 0 saturated heterocycles. The Bertz CT molecular complexity index is 598. The summed E-state index contributed by atoms with van der Waals surface area (Å²) in [6.07, 6.45) is 0.0955. The minimum Gasteiger partial charge on any atom is -0.294 e. The quantitative estimate of drug-likeness (QED) is 0.749. The van der Waals surface area contributed by atoms with Gasteiger partial charge in [-0.3, -0.25) is 4.79 Å². The summed E-state index contributed by atoms with van der Waals surface area (Å²) in [6.45, 7) is 0. The van der Waals surface area contributed by atoms with E-state index in [1.54, 1.807) is 30.3 Å². The lowest BCUT2D eigenvalue weighted by Crippen LogP contribution is -2.06. The van der Waals surface area contributed by atoms with E-state index in [0.717, 1.165) is 0 Å². The molecule has 2 rings (SSSR count). The molecule has 0 heterocycles. The van der Waals surface area contributed by atoms with Crippen molar-refractivity contribution in [1.82, 2.24) is 0 Å². The van der Waals surface area contributed by atoms with Gasteiger partial charge in [0, 0.05) is 15.9 Å². The third kappa shape index (κ3) is 2.98. The summed E-state index contributed by atoms with van der Waals surface area (Å²) < 4.78 is 14.2. The van der Waals surface area contributed by atoms with Gasteiger partial charge in [0.1, 0.15) is 5.82 Å². The number of ketones is 1. The van der Waals surface area contributed by atoms with E-state index in [1.807, 2.05) is 0 Å². The van der Waals surface area contributed by atoms with Crippen LogP contribution in [0, 0.1) is 5.82 Å². The summed E-state index contributed by atoms with van der Waals surface area (Å²) in [7, 11) is 0. The maximum Gasteiger partial charge on any atom is 0.170 e. The Labute approximate surface area is 118 Å². The van der Waals surface area contributed by atoms with Gasteiger partial charge in [-0.15, -0.1) is 0 Å². The lowest BCUT2D eigenvalue weighted by Gasteiger charge is -2.05. The van der Waals surface area contributed by atoms with Crippen molar-refractivity contribution in [2.45, 2.75) is 6.42 Å². The number of carbonyl (C=O) groups is 1. The molecule has 0 aliphatic rings. The van der Waals surface area contributed by atoms with Gasteiger partial charge in [0.25, 0.3) is 0 Å². The van der Waals surface area contributed by atoms with E-state index in [9.17, 15) is 9.18 Å². The van der Waals surface area contributed by atoms with E-state index >= 15 is 0 Å². The van der Waals surface area contributed by atoms with Crippen LogP contribution in [-0.4, -0.2) is 5.78 Å². The molecule has 1 nitrogen and oxygen atoms in total. The van der Waals surface area contributed by atoms with Gasteiger partial charge in [0.2, 0.25) is 0 Å². The third-order valence-corrected chi connectivity index (χ3v) is 3.40. The molecule has 0 bridgehead atoms. The fourth-order valence-electron chi connectivity index (χ4n) is 1.63. The highest BCUT2D eigenvalue weighted by atomic mass is 79.9. The molecule has 0 amide bonds. The van der Waals surface area contributed by atoms with Crippen LogP contribution in [0.1, 0.15) is 15.9 Å². The maximum atomic E-state index is 13.6.